The Morgan fingerprint density at radius 1 is 1.26 bits per heavy atom. The third-order valence-electron chi connectivity index (χ3n) is 5.98. The number of hydrogen-bond donors (Lipinski definition) is 2. The largest absolute Gasteiger partial charge is 0.345 e. The minimum absolute atomic E-state index is 0.0105. The molecule has 3 heterocycles. The van der Waals surface area contributed by atoms with E-state index in [1.807, 2.05) is 55.7 Å². The van der Waals surface area contributed by atoms with Gasteiger partial charge in [0.25, 0.3) is 0 Å². The molecule has 180 valence electrons. The Hall–Kier alpha value is -3.04. The van der Waals surface area contributed by atoms with Gasteiger partial charge in [-0.3, -0.25) is 0 Å². The van der Waals surface area contributed by atoms with Crippen molar-refractivity contribution in [3.8, 4) is 0 Å². The summed E-state index contributed by atoms with van der Waals surface area (Å²) in [6.45, 7) is 7.29. The van der Waals surface area contributed by atoms with Crippen LogP contribution in [0.3, 0.4) is 0 Å². The lowest BCUT2D eigenvalue weighted by Crippen LogP contribution is -2.50. The molecule has 2 aromatic heterocycles. The molecule has 4 rings (SSSR count). The summed E-state index contributed by atoms with van der Waals surface area (Å²) in [7, 11) is 4.03. The summed E-state index contributed by atoms with van der Waals surface area (Å²) in [6.07, 6.45) is 2.61. The van der Waals surface area contributed by atoms with Crippen LogP contribution in [-0.2, 0) is 13.0 Å². The number of rotatable bonds is 7. The summed E-state index contributed by atoms with van der Waals surface area (Å²) in [6, 6.07) is 10.0. The molecule has 2 N–H and O–H groups in total. The molecule has 8 nitrogen and oxygen atoms in total. The second kappa shape index (κ2) is 10.5. The predicted molar refractivity (Wildman–Crippen MR) is 136 cm³/mol. The molecule has 0 radical (unpaired) electrons. The van der Waals surface area contributed by atoms with Gasteiger partial charge in [0.2, 0.25) is 5.95 Å². The molecule has 2 amide bonds. The van der Waals surface area contributed by atoms with Crippen LogP contribution in [-0.4, -0.2) is 57.5 Å². The molecule has 3 aromatic rings. The minimum atomic E-state index is -0.0949. The maximum Gasteiger partial charge on any atom is 0.318 e. The van der Waals surface area contributed by atoms with Crippen molar-refractivity contribution in [3.63, 3.8) is 0 Å². The molecule has 0 spiro atoms. The number of carbonyl (C=O) groups is 1. The summed E-state index contributed by atoms with van der Waals surface area (Å²) in [4.78, 5) is 31.2. The van der Waals surface area contributed by atoms with Gasteiger partial charge in [-0.05, 0) is 52.4 Å². The van der Waals surface area contributed by atoms with Crippen molar-refractivity contribution in [3.05, 3.63) is 69.4 Å². The standard InChI is InChI=1S/C25H33N7OS/c1-16-15-34-23(27-16)18(3)28-24-26-12-20-11-17(2)32(14-22(20)29-24)25(33)30-21(13-31(4)5)19-9-7-6-8-10-19/h6-10,12,15,17-18,21H,11,13-14H2,1-5H3,(H,30,33)(H,26,28,29)/t17-,18+,21-/m1/s1. The second-order valence-electron chi connectivity index (χ2n) is 9.21. The first-order valence-electron chi connectivity index (χ1n) is 11.6. The van der Waals surface area contributed by atoms with Crippen LogP contribution >= 0.6 is 11.3 Å². The first-order valence-corrected chi connectivity index (χ1v) is 12.5. The Balaban J connectivity index is 1.47. The van der Waals surface area contributed by atoms with Crippen LogP contribution in [0.5, 0.6) is 0 Å². The van der Waals surface area contributed by atoms with Crippen molar-refractivity contribution >= 4 is 23.3 Å². The third kappa shape index (κ3) is 5.71. The van der Waals surface area contributed by atoms with E-state index in [1.165, 1.54) is 0 Å². The number of anilines is 1. The van der Waals surface area contributed by atoms with Gasteiger partial charge in [-0.15, -0.1) is 11.3 Å². The Bertz CT molecular complexity index is 1120. The summed E-state index contributed by atoms with van der Waals surface area (Å²) >= 11 is 1.62. The third-order valence-corrected chi connectivity index (χ3v) is 7.13. The highest BCUT2D eigenvalue weighted by molar-refractivity contribution is 7.09. The molecule has 1 aliphatic rings. The van der Waals surface area contributed by atoms with E-state index in [0.717, 1.165) is 40.5 Å². The number of nitrogens with one attached hydrogen (secondary N) is 2. The van der Waals surface area contributed by atoms with Crippen LogP contribution in [0, 0.1) is 6.92 Å². The number of fused-ring (bicyclic) bond motifs is 1. The monoisotopic (exact) mass is 479 g/mol. The summed E-state index contributed by atoms with van der Waals surface area (Å²) in [5, 5.41) is 9.64. The number of likely N-dealkylation sites (N-methyl/N-ethyl adjacent to an activating group) is 1. The molecule has 3 atom stereocenters. The van der Waals surface area contributed by atoms with Crippen LogP contribution in [0.15, 0.2) is 41.9 Å². The molecular weight excluding hydrogens is 446 g/mol. The number of aryl methyl sites for hydroxylation is 1. The molecule has 34 heavy (non-hydrogen) atoms. The fraction of sp³-hybridized carbons (Fsp3) is 0.440. The van der Waals surface area contributed by atoms with Gasteiger partial charge in [-0.25, -0.2) is 19.7 Å². The molecule has 0 bridgehead atoms. The summed E-state index contributed by atoms with van der Waals surface area (Å²) in [5.41, 5.74) is 4.08. The van der Waals surface area contributed by atoms with Gasteiger partial charge >= 0.3 is 6.03 Å². The number of nitrogens with zero attached hydrogens (tertiary/aromatic N) is 5. The van der Waals surface area contributed by atoms with E-state index in [1.54, 1.807) is 11.3 Å². The number of thiazole rings is 1. The highest BCUT2D eigenvalue weighted by Crippen LogP contribution is 2.25. The molecule has 0 fully saturated rings. The second-order valence-corrected chi connectivity index (χ2v) is 10.1. The number of hydrogen-bond acceptors (Lipinski definition) is 7. The Morgan fingerprint density at radius 3 is 2.71 bits per heavy atom. The summed E-state index contributed by atoms with van der Waals surface area (Å²) < 4.78 is 0. The van der Waals surface area contributed by atoms with Crippen molar-refractivity contribution in [2.75, 3.05) is 26.0 Å². The molecule has 0 aliphatic carbocycles. The topological polar surface area (TPSA) is 86.3 Å². The normalized spacial score (nSPS) is 17.2. The van der Waals surface area contributed by atoms with Gasteiger partial charge in [0.15, 0.2) is 0 Å². The number of amides is 2. The maximum atomic E-state index is 13.4. The first kappa shape index (κ1) is 24.1. The van der Waals surface area contributed by atoms with Crippen LogP contribution in [0.4, 0.5) is 10.7 Å². The molecule has 0 unspecified atom stereocenters. The fourth-order valence-electron chi connectivity index (χ4n) is 4.18. The number of carbonyl (C=O) groups excluding carboxylic acids is 1. The van der Waals surface area contributed by atoms with E-state index in [9.17, 15) is 4.79 Å². The minimum Gasteiger partial charge on any atom is -0.345 e. The molecule has 0 saturated heterocycles. The van der Waals surface area contributed by atoms with Crippen LogP contribution < -0.4 is 10.6 Å². The van der Waals surface area contributed by atoms with Gasteiger partial charge in [-0.2, -0.15) is 0 Å². The van der Waals surface area contributed by atoms with E-state index in [2.05, 4.69) is 51.5 Å². The Kier molecular flexibility index (Phi) is 7.43. The molecule has 9 heteroatoms. The van der Waals surface area contributed by atoms with Crippen LogP contribution in [0.1, 0.15) is 53.5 Å². The van der Waals surface area contributed by atoms with Crippen molar-refractivity contribution in [1.29, 1.82) is 0 Å². The van der Waals surface area contributed by atoms with Gasteiger partial charge < -0.3 is 20.4 Å². The lowest BCUT2D eigenvalue weighted by molar-refractivity contribution is 0.161. The van der Waals surface area contributed by atoms with E-state index in [0.29, 0.717) is 12.5 Å². The average molecular weight is 480 g/mol. The summed E-state index contributed by atoms with van der Waals surface area (Å²) in [5.74, 6) is 0.559. The SMILES string of the molecule is Cc1csc([C@H](C)Nc2ncc3c(n2)CN(C(=O)N[C@H](CN(C)C)c2ccccc2)[C@H](C)C3)n1. The highest BCUT2D eigenvalue weighted by atomic mass is 32.1. The quantitative estimate of drug-likeness (QED) is 0.529. The van der Waals surface area contributed by atoms with Gasteiger partial charge in [0.1, 0.15) is 5.01 Å². The van der Waals surface area contributed by atoms with E-state index >= 15 is 0 Å². The maximum absolute atomic E-state index is 13.4. The van der Waals surface area contributed by atoms with Crippen molar-refractivity contribution < 1.29 is 4.79 Å². The molecule has 0 saturated carbocycles. The van der Waals surface area contributed by atoms with E-state index < -0.39 is 0 Å². The lowest BCUT2D eigenvalue weighted by Gasteiger charge is -2.35. The fourth-order valence-corrected chi connectivity index (χ4v) is 4.98. The van der Waals surface area contributed by atoms with Gasteiger partial charge in [0, 0.05) is 29.9 Å². The first-order chi connectivity index (χ1) is 16.3. The smallest absolute Gasteiger partial charge is 0.318 e. The van der Waals surface area contributed by atoms with E-state index in [4.69, 9.17) is 4.98 Å². The van der Waals surface area contributed by atoms with Crippen molar-refractivity contribution in [2.24, 2.45) is 0 Å². The van der Waals surface area contributed by atoms with Gasteiger partial charge in [-0.1, -0.05) is 30.3 Å². The van der Waals surface area contributed by atoms with E-state index in [-0.39, 0.29) is 24.2 Å². The molecule has 1 aromatic carbocycles. The van der Waals surface area contributed by atoms with Crippen LogP contribution in [0.25, 0.3) is 0 Å². The molecular formula is C25H33N7OS. The van der Waals surface area contributed by atoms with Crippen molar-refractivity contribution in [2.45, 2.75) is 51.9 Å². The number of aromatic nitrogens is 3. The number of benzene rings is 1. The highest BCUT2D eigenvalue weighted by Gasteiger charge is 2.30. The van der Waals surface area contributed by atoms with Gasteiger partial charge in [0.05, 0.1) is 24.3 Å². The average Bonchev–Trinajstić information content (AvgIpc) is 3.25. The zero-order valence-corrected chi connectivity index (χ0v) is 21.3. The zero-order chi connectivity index (χ0) is 24.2. The lowest BCUT2D eigenvalue weighted by atomic mass is 10.0. The van der Waals surface area contributed by atoms with Crippen molar-refractivity contribution in [1.82, 2.24) is 30.1 Å². The molecule has 1 aliphatic heterocycles. The number of urea groups is 1. The predicted octanol–water partition coefficient (Wildman–Crippen LogP) is 4.17. The Morgan fingerprint density at radius 2 is 2.03 bits per heavy atom. The van der Waals surface area contributed by atoms with Crippen LogP contribution in [0.2, 0.25) is 0 Å². The zero-order valence-electron chi connectivity index (χ0n) is 20.4. The Labute approximate surface area is 205 Å².